The van der Waals surface area contributed by atoms with E-state index in [0.717, 1.165) is 6.42 Å². The van der Waals surface area contributed by atoms with Crippen molar-refractivity contribution in [2.45, 2.75) is 78.5 Å². The molecule has 102 valence electrons. The Hall–Kier alpha value is -0.120. The molecule has 0 spiro atoms. The van der Waals surface area contributed by atoms with Gasteiger partial charge in [0.2, 0.25) is 0 Å². The Morgan fingerprint density at radius 1 is 1.06 bits per heavy atom. The van der Waals surface area contributed by atoms with E-state index in [2.05, 4.69) is 27.7 Å². The fourth-order valence-electron chi connectivity index (χ4n) is 2.10. The lowest BCUT2D eigenvalue weighted by molar-refractivity contribution is -0.0909. The first kappa shape index (κ1) is 14.9. The van der Waals surface area contributed by atoms with Gasteiger partial charge in [0.25, 0.3) is 0 Å². The Morgan fingerprint density at radius 3 is 2.18 bits per heavy atom. The molecule has 0 aliphatic carbocycles. The molecule has 0 aromatic heterocycles. The summed E-state index contributed by atoms with van der Waals surface area (Å²) in [5, 5.41) is 0. The monoisotopic (exact) mass is 244 g/mol. The number of ether oxygens (including phenoxy) is 3. The first-order valence-corrected chi connectivity index (χ1v) is 6.82. The van der Waals surface area contributed by atoms with Crippen LogP contribution < -0.4 is 0 Å². The van der Waals surface area contributed by atoms with Crippen LogP contribution in [0.5, 0.6) is 0 Å². The molecule has 1 aliphatic rings. The summed E-state index contributed by atoms with van der Waals surface area (Å²) in [4.78, 5) is 0. The smallest absolute Gasteiger partial charge is 0.107 e. The normalized spacial score (nSPS) is 29.8. The molecule has 0 aromatic carbocycles. The van der Waals surface area contributed by atoms with Gasteiger partial charge in [-0.1, -0.05) is 13.8 Å². The summed E-state index contributed by atoms with van der Waals surface area (Å²) in [7, 11) is 0. The van der Waals surface area contributed by atoms with Gasteiger partial charge in [0.05, 0.1) is 31.0 Å². The second kappa shape index (κ2) is 6.72. The molecular formula is C14H28O3. The molecule has 0 bridgehead atoms. The molecule has 3 nitrogen and oxygen atoms in total. The first-order chi connectivity index (χ1) is 7.90. The van der Waals surface area contributed by atoms with Crippen molar-refractivity contribution < 1.29 is 14.2 Å². The van der Waals surface area contributed by atoms with Gasteiger partial charge in [0, 0.05) is 6.42 Å². The van der Waals surface area contributed by atoms with Crippen LogP contribution in [0.25, 0.3) is 0 Å². The first-order valence-electron chi connectivity index (χ1n) is 6.82. The van der Waals surface area contributed by atoms with Crippen LogP contribution in [0, 0.1) is 5.92 Å². The van der Waals surface area contributed by atoms with Crippen molar-refractivity contribution in [1.29, 1.82) is 0 Å². The Bertz CT molecular complexity index is 214. The molecule has 1 rings (SSSR count). The fourth-order valence-corrected chi connectivity index (χ4v) is 2.10. The second-order valence-corrected chi connectivity index (χ2v) is 5.80. The van der Waals surface area contributed by atoms with Crippen molar-refractivity contribution in [2.75, 3.05) is 6.61 Å². The standard InChI is InChI=1S/C14H28O3/c1-9(2)12-7-13(16-11(5)6)14(17-12)8-15-10(3)4/h9-14H,7-8H2,1-6H3/t12?,13-,14+/m0/s1. The van der Waals surface area contributed by atoms with Gasteiger partial charge >= 0.3 is 0 Å². The molecule has 0 saturated carbocycles. The van der Waals surface area contributed by atoms with Gasteiger partial charge in [0.1, 0.15) is 6.10 Å². The Kier molecular flexibility index (Phi) is 5.90. The molecule has 3 heteroatoms. The summed E-state index contributed by atoms with van der Waals surface area (Å²) >= 11 is 0. The Labute approximate surface area is 106 Å². The zero-order chi connectivity index (χ0) is 13.0. The molecule has 0 N–H and O–H groups in total. The van der Waals surface area contributed by atoms with Crippen LogP contribution in [0.15, 0.2) is 0 Å². The van der Waals surface area contributed by atoms with Crippen LogP contribution in [0.3, 0.4) is 0 Å². The predicted octanol–water partition coefficient (Wildman–Crippen LogP) is 3.02. The summed E-state index contributed by atoms with van der Waals surface area (Å²) in [5.41, 5.74) is 0. The third kappa shape index (κ3) is 4.94. The lowest BCUT2D eigenvalue weighted by Gasteiger charge is -2.22. The predicted molar refractivity (Wildman–Crippen MR) is 69.2 cm³/mol. The van der Waals surface area contributed by atoms with Gasteiger partial charge in [0.15, 0.2) is 0 Å². The highest BCUT2D eigenvalue weighted by Gasteiger charge is 2.37. The summed E-state index contributed by atoms with van der Waals surface area (Å²) < 4.78 is 17.6. The molecule has 1 saturated heterocycles. The minimum absolute atomic E-state index is 0.0900. The van der Waals surface area contributed by atoms with Crippen LogP contribution in [0.1, 0.15) is 48.0 Å². The van der Waals surface area contributed by atoms with Gasteiger partial charge in [-0.3, -0.25) is 0 Å². The Morgan fingerprint density at radius 2 is 1.71 bits per heavy atom. The lowest BCUT2D eigenvalue weighted by atomic mass is 10.0. The summed E-state index contributed by atoms with van der Waals surface area (Å²) in [6.45, 7) is 13.3. The van der Waals surface area contributed by atoms with Crippen LogP contribution in [-0.2, 0) is 14.2 Å². The Balaban J connectivity index is 2.50. The van der Waals surface area contributed by atoms with E-state index in [1.54, 1.807) is 0 Å². The quantitative estimate of drug-likeness (QED) is 0.719. The molecular weight excluding hydrogens is 216 g/mol. The summed E-state index contributed by atoms with van der Waals surface area (Å²) in [6, 6.07) is 0. The van der Waals surface area contributed by atoms with Crippen molar-refractivity contribution in [3.8, 4) is 0 Å². The lowest BCUT2D eigenvalue weighted by Crippen LogP contribution is -2.32. The van der Waals surface area contributed by atoms with E-state index < -0.39 is 0 Å². The molecule has 0 radical (unpaired) electrons. The number of hydrogen-bond acceptors (Lipinski definition) is 3. The zero-order valence-electron chi connectivity index (χ0n) is 12.1. The van der Waals surface area contributed by atoms with E-state index in [4.69, 9.17) is 14.2 Å². The van der Waals surface area contributed by atoms with Gasteiger partial charge in [-0.2, -0.15) is 0 Å². The molecule has 0 amide bonds. The molecule has 0 aromatic rings. The highest BCUT2D eigenvalue weighted by molar-refractivity contribution is 4.85. The number of hydrogen-bond donors (Lipinski definition) is 0. The maximum absolute atomic E-state index is 6.04. The van der Waals surface area contributed by atoms with Crippen LogP contribution in [0.2, 0.25) is 0 Å². The van der Waals surface area contributed by atoms with E-state index in [1.807, 2.05) is 13.8 Å². The van der Waals surface area contributed by atoms with Crippen molar-refractivity contribution in [2.24, 2.45) is 5.92 Å². The maximum Gasteiger partial charge on any atom is 0.107 e. The molecule has 1 heterocycles. The molecule has 1 aliphatic heterocycles. The van der Waals surface area contributed by atoms with Crippen molar-refractivity contribution in [3.05, 3.63) is 0 Å². The molecule has 1 unspecified atom stereocenters. The molecule has 3 atom stereocenters. The average molecular weight is 244 g/mol. The van der Waals surface area contributed by atoms with E-state index in [9.17, 15) is 0 Å². The van der Waals surface area contributed by atoms with Gasteiger partial charge in [-0.05, 0) is 33.6 Å². The minimum Gasteiger partial charge on any atom is -0.376 e. The van der Waals surface area contributed by atoms with Crippen molar-refractivity contribution in [3.63, 3.8) is 0 Å². The maximum atomic E-state index is 6.04. The summed E-state index contributed by atoms with van der Waals surface area (Å²) in [5.74, 6) is 0.539. The van der Waals surface area contributed by atoms with Crippen LogP contribution in [-0.4, -0.2) is 37.1 Å². The van der Waals surface area contributed by atoms with Gasteiger partial charge < -0.3 is 14.2 Å². The fraction of sp³-hybridized carbons (Fsp3) is 1.00. The minimum atomic E-state index is 0.0900. The van der Waals surface area contributed by atoms with Gasteiger partial charge in [-0.15, -0.1) is 0 Å². The van der Waals surface area contributed by atoms with E-state index in [0.29, 0.717) is 18.6 Å². The van der Waals surface area contributed by atoms with E-state index in [1.165, 1.54) is 0 Å². The molecule has 17 heavy (non-hydrogen) atoms. The zero-order valence-corrected chi connectivity index (χ0v) is 12.1. The third-order valence-electron chi connectivity index (χ3n) is 3.01. The van der Waals surface area contributed by atoms with E-state index in [-0.39, 0.29) is 24.4 Å². The SMILES string of the molecule is CC(C)OC[C@H]1OC(C(C)C)C[C@@H]1OC(C)C. The third-order valence-corrected chi connectivity index (χ3v) is 3.01. The average Bonchev–Trinajstić information content (AvgIpc) is 2.57. The van der Waals surface area contributed by atoms with Gasteiger partial charge in [-0.25, -0.2) is 0 Å². The van der Waals surface area contributed by atoms with Crippen molar-refractivity contribution >= 4 is 0 Å². The number of rotatable bonds is 6. The highest BCUT2D eigenvalue weighted by Crippen LogP contribution is 2.29. The van der Waals surface area contributed by atoms with Crippen LogP contribution >= 0.6 is 0 Å². The highest BCUT2D eigenvalue weighted by atomic mass is 16.6. The van der Waals surface area contributed by atoms with Crippen molar-refractivity contribution in [1.82, 2.24) is 0 Å². The topological polar surface area (TPSA) is 27.7 Å². The second-order valence-electron chi connectivity index (χ2n) is 5.80. The molecule has 1 fully saturated rings. The summed E-state index contributed by atoms with van der Waals surface area (Å²) in [6.07, 6.45) is 2.06. The largest absolute Gasteiger partial charge is 0.376 e. The van der Waals surface area contributed by atoms with E-state index >= 15 is 0 Å². The van der Waals surface area contributed by atoms with Crippen LogP contribution in [0.4, 0.5) is 0 Å².